The van der Waals surface area contributed by atoms with Crippen LogP contribution in [0.25, 0.3) is 0 Å². The molecule has 1 aromatic carbocycles. The van der Waals surface area contributed by atoms with Crippen molar-refractivity contribution in [2.45, 2.75) is 102 Å². The number of benzene rings is 1. The highest BCUT2D eigenvalue weighted by molar-refractivity contribution is 5.72. The number of halogens is 1. The van der Waals surface area contributed by atoms with Crippen LogP contribution < -0.4 is 0 Å². The Morgan fingerprint density at radius 1 is 1.09 bits per heavy atom. The van der Waals surface area contributed by atoms with Gasteiger partial charge >= 0.3 is 5.97 Å². The lowest BCUT2D eigenvalue weighted by atomic mass is 9.78. The second-order valence-electron chi connectivity index (χ2n) is 9.71. The van der Waals surface area contributed by atoms with Crippen LogP contribution in [0.15, 0.2) is 36.2 Å². The molecule has 2 saturated carbocycles. The number of rotatable bonds is 9. The van der Waals surface area contributed by atoms with Gasteiger partial charge < -0.3 is 4.74 Å². The summed E-state index contributed by atoms with van der Waals surface area (Å²) in [5.41, 5.74) is 2.84. The predicted molar refractivity (Wildman–Crippen MR) is 126 cm³/mol. The Morgan fingerprint density at radius 2 is 1.78 bits per heavy atom. The summed E-state index contributed by atoms with van der Waals surface area (Å²) in [5.74, 6) is 0.463. The van der Waals surface area contributed by atoms with Crippen LogP contribution in [-0.2, 0) is 16.0 Å². The minimum absolute atomic E-state index is 0.000776. The Labute approximate surface area is 193 Å². The van der Waals surface area contributed by atoms with E-state index in [1.54, 1.807) is 0 Å². The lowest BCUT2D eigenvalue weighted by Gasteiger charge is -2.31. The first kappa shape index (κ1) is 24.5. The highest BCUT2D eigenvalue weighted by Gasteiger charge is 2.31. The Bertz CT molecular complexity index is 779. The summed E-state index contributed by atoms with van der Waals surface area (Å²) >= 11 is 0. The SMILES string of the molecule is CCCCc1ccc(C2CCC(C(=O)OC3CCC(CC/C=C(/F)C#N)CC3)CC2)cc1. The van der Waals surface area contributed by atoms with Crippen molar-refractivity contribution in [2.75, 3.05) is 0 Å². The van der Waals surface area contributed by atoms with Crippen LogP contribution in [0, 0.1) is 23.2 Å². The molecule has 1 aromatic rings. The van der Waals surface area contributed by atoms with Gasteiger partial charge in [0.2, 0.25) is 0 Å². The first-order chi connectivity index (χ1) is 15.6. The maximum atomic E-state index is 12.9. The number of ether oxygens (including phenoxy) is 1. The molecule has 0 saturated heterocycles. The highest BCUT2D eigenvalue weighted by atomic mass is 19.1. The largest absolute Gasteiger partial charge is 0.462 e. The number of aryl methyl sites for hydroxylation is 1. The second-order valence-corrected chi connectivity index (χ2v) is 9.71. The van der Waals surface area contributed by atoms with Crippen molar-refractivity contribution >= 4 is 5.97 Å². The molecule has 3 nitrogen and oxygen atoms in total. The first-order valence-corrected chi connectivity index (χ1v) is 12.6. The summed E-state index contributed by atoms with van der Waals surface area (Å²) in [5, 5.41) is 8.46. The summed E-state index contributed by atoms with van der Waals surface area (Å²) in [6.07, 6.45) is 14.4. The Morgan fingerprint density at radius 3 is 2.41 bits per heavy atom. The minimum atomic E-state index is -0.689. The van der Waals surface area contributed by atoms with E-state index in [9.17, 15) is 9.18 Å². The maximum absolute atomic E-state index is 12.9. The van der Waals surface area contributed by atoms with E-state index in [-0.39, 0.29) is 18.0 Å². The number of hydrogen-bond acceptors (Lipinski definition) is 3. The molecule has 174 valence electrons. The van der Waals surface area contributed by atoms with Gasteiger partial charge in [0, 0.05) is 0 Å². The molecule has 0 amide bonds. The molecule has 0 atom stereocenters. The molecule has 32 heavy (non-hydrogen) atoms. The Hall–Kier alpha value is -2.15. The van der Waals surface area contributed by atoms with Crippen molar-refractivity contribution in [3.63, 3.8) is 0 Å². The number of carbonyl (C=O) groups excluding carboxylic acids is 1. The molecular formula is C28H38FNO2. The zero-order chi connectivity index (χ0) is 22.8. The third-order valence-electron chi connectivity index (χ3n) is 7.41. The van der Waals surface area contributed by atoms with Crippen molar-refractivity contribution in [3.8, 4) is 6.07 Å². The number of nitriles is 1. The third-order valence-corrected chi connectivity index (χ3v) is 7.41. The van der Waals surface area contributed by atoms with Gasteiger partial charge in [-0.05, 0) is 106 Å². The first-order valence-electron chi connectivity index (χ1n) is 12.6. The minimum Gasteiger partial charge on any atom is -0.462 e. The zero-order valence-corrected chi connectivity index (χ0v) is 19.5. The third kappa shape index (κ3) is 7.47. The van der Waals surface area contributed by atoms with Crippen LogP contribution in [0.1, 0.15) is 101 Å². The molecule has 2 aliphatic carbocycles. The van der Waals surface area contributed by atoms with Crippen LogP contribution in [-0.4, -0.2) is 12.1 Å². The van der Waals surface area contributed by atoms with Crippen LogP contribution in [0.4, 0.5) is 4.39 Å². The van der Waals surface area contributed by atoms with Crippen molar-refractivity contribution in [3.05, 3.63) is 47.3 Å². The molecule has 3 rings (SSSR count). The van der Waals surface area contributed by atoms with Crippen LogP contribution in [0.5, 0.6) is 0 Å². The molecule has 0 unspecified atom stereocenters. The van der Waals surface area contributed by atoms with Gasteiger partial charge in [0.05, 0.1) is 5.92 Å². The van der Waals surface area contributed by atoms with Crippen molar-refractivity contribution in [1.82, 2.24) is 0 Å². The number of carbonyl (C=O) groups is 1. The van der Waals surface area contributed by atoms with Crippen molar-refractivity contribution < 1.29 is 13.9 Å². The summed E-state index contributed by atoms with van der Waals surface area (Å²) in [6, 6.07) is 10.6. The number of hydrogen-bond donors (Lipinski definition) is 0. The summed E-state index contributed by atoms with van der Waals surface area (Å²) in [6.45, 7) is 2.23. The second kappa shape index (κ2) is 12.8. The Kier molecular flexibility index (Phi) is 9.78. The molecule has 4 heteroatoms. The van der Waals surface area contributed by atoms with E-state index in [1.807, 2.05) is 0 Å². The molecule has 0 heterocycles. The van der Waals surface area contributed by atoms with Gasteiger partial charge in [-0.2, -0.15) is 9.65 Å². The standard InChI is InChI=1S/C28H38FNO2/c1-2-3-5-21-8-12-23(13-9-21)24-14-16-25(17-15-24)28(31)32-27-18-10-22(11-19-27)6-4-7-26(29)20-30/h7-9,12-13,22,24-25,27H,2-6,10-11,14-19H2,1H3/b26-7+. The average Bonchev–Trinajstić information content (AvgIpc) is 2.84. The quantitative estimate of drug-likeness (QED) is 0.295. The van der Waals surface area contributed by atoms with E-state index in [1.165, 1.54) is 36.1 Å². The van der Waals surface area contributed by atoms with Gasteiger partial charge in [0.25, 0.3) is 0 Å². The van der Waals surface area contributed by atoms with Gasteiger partial charge in [0.1, 0.15) is 12.2 Å². The fourth-order valence-electron chi connectivity index (χ4n) is 5.29. The van der Waals surface area contributed by atoms with Gasteiger partial charge in [-0.15, -0.1) is 0 Å². The zero-order valence-electron chi connectivity index (χ0n) is 19.5. The van der Waals surface area contributed by atoms with Crippen LogP contribution >= 0.6 is 0 Å². The van der Waals surface area contributed by atoms with E-state index in [0.717, 1.165) is 64.2 Å². The van der Waals surface area contributed by atoms with Crippen molar-refractivity contribution in [1.29, 1.82) is 5.26 Å². The van der Waals surface area contributed by atoms with Crippen LogP contribution in [0.2, 0.25) is 0 Å². The normalized spacial score (nSPS) is 26.3. The fourth-order valence-corrected chi connectivity index (χ4v) is 5.29. The van der Waals surface area contributed by atoms with E-state index >= 15 is 0 Å². The molecule has 0 aliphatic heterocycles. The molecular weight excluding hydrogens is 401 g/mol. The van der Waals surface area contributed by atoms with E-state index in [4.69, 9.17) is 10.00 Å². The van der Waals surface area contributed by atoms with Gasteiger partial charge in [-0.3, -0.25) is 4.79 Å². The predicted octanol–water partition coefficient (Wildman–Crippen LogP) is 7.56. The molecule has 0 aromatic heterocycles. The molecule has 0 radical (unpaired) electrons. The lowest BCUT2D eigenvalue weighted by Crippen LogP contribution is -2.29. The molecule has 0 N–H and O–H groups in total. The summed E-state index contributed by atoms with van der Waals surface area (Å²) in [4.78, 5) is 12.7. The maximum Gasteiger partial charge on any atom is 0.309 e. The number of esters is 1. The molecule has 2 aliphatic rings. The molecule has 0 spiro atoms. The number of allylic oxidation sites excluding steroid dienone is 2. The fraction of sp³-hybridized carbons (Fsp3) is 0.643. The molecule has 0 bridgehead atoms. The summed E-state index contributed by atoms with van der Waals surface area (Å²) in [7, 11) is 0. The van der Waals surface area contributed by atoms with Crippen molar-refractivity contribution in [2.24, 2.45) is 11.8 Å². The van der Waals surface area contributed by atoms with E-state index in [0.29, 0.717) is 18.3 Å². The van der Waals surface area contributed by atoms with Gasteiger partial charge in [-0.25, -0.2) is 0 Å². The number of nitrogens with zero attached hydrogens (tertiary/aromatic N) is 1. The van der Waals surface area contributed by atoms with Gasteiger partial charge in [-0.1, -0.05) is 37.6 Å². The average molecular weight is 440 g/mol. The number of unbranched alkanes of at least 4 members (excludes halogenated alkanes) is 1. The smallest absolute Gasteiger partial charge is 0.309 e. The Balaban J connectivity index is 1.36. The van der Waals surface area contributed by atoms with Crippen LogP contribution in [0.3, 0.4) is 0 Å². The van der Waals surface area contributed by atoms with Gasteiger partial charge in [0.15, 0.2) is 5.83 Å². The summed E-state index contributed by atoms with van der Waals surface area (Å²) < 4.78 is 18.8. The van der Waals surface area contributed by atoms with E-state index < -0.39 is 5.83 Å². The highest BCUT2D eigenvalue weighted by Crippen LogP contribution is 2.37. The lowest BCUT2D eigenvalue weighted by molar-refractivity contribution is -0.157. The monoisotopic (exact) mass is 439 g/mol. The topological polar surface area (TPSA) is 50.1 Å². The molecule has 2 fully saturated rings. The van der Waals surface area contributed by atoms with E-state index in [2.05, 4.69) is 31.2 Å².